The Hall–Kier alpha value is -1.94. The molecule has 0 spiro atoms. The summed E-state index contributed by atoms with van der Waals surface area (Å²) in [5.41, 5.74) is 2.09. The number of rotatable bonds is 6. The molecule has 2 N–H and O–H groups in total. The minimum Gasteiger partial charge on any atom is -0.357 e. The van der Waals surface area contributed by atoms with E-state index in [9.17, 15) is 0 Å². The Morgan fingerprint density at radius 2 is 1.89 bits per heavy atom. The van der Waals surface area contributed by atoms with Crippen molar-refractivity contribution in [1.29, 1.82) is 0 Å². The molecule has 0 radical (unpaired) electrons. The van der Waals surface area contributed by atoms with Gasteiger partial charge in [-0.1, -0.05) is 12.1 Å². The van der Waals surface area contributed by atoms with Crippen LogP contribution < -0.4 is 15.5 Å². The van der Waals surface area contributed by atoms with Gasteiger partial charge in [0, 0.05) is 45.1 Å². The molecule has 0 unspecified atom stereocenters. The normalized spacial score (nSPS) is 15.1. The van der Waals surface area contributed by atoms with Gasteiger partial charge in [0.2, 0.25) is 0 Å². The number of hydrogen-bond acceptors (Lipinski definition) is 5. The molecule has 0 bridgehead atoms. The zero-order valence-corrected chi connectivity index (χ0v) is 19.0. The van der Waals surface area contributed by atoms with Crippen molar-refractivity contribution in [3.8, 4) is 0 Å². The van der Waals surface area contributed by atoms with Gasteiger partial charge in [0.15, 0.2) is 5.96 Å². The molecule has 8 heteroatoms. The highest BCUT2D eigenvalue weighted by Gasteiger charge is 2.14. The van der Waals surface area contributed by atoms with E-state index in [0.717, 1.165) is 55.8 Å². The smallest absolute Gasteiger partial charge is 0.191 e. The Bertz CT molecular complexity index is 713. The summed E-state index contributed by atoms with van der Waals surface area (Å²) in [6.07, 6.45) is 3.73. The first kappa shape index (κ1) is 22.4. The molecule has 1 saturated heterocycles. The van der Waals surface area contributed by atoms with Gasteiger partial charge >= 0.3 is 0 Å². The van der Waals surface area contributed by atoms with Gasteiger partial charge in [-0.15, -0.1) is 24.0 Å². The first-order valence-electron chi connectivity index (χ1n) is 9.55. The van der Waals surface area contributed by atoms with Crippen molar-refractivity contribution in [2.45, 2.75) is 20.0 Å². The van der Waals surface area contributed by atoms with Gasteiger partial charge in [0.1, 0.15) is 5.82 Å². The molecule has 28 heavy (non-hydrogen) atoms. The largest absolute Gasteiger partial charge is 0.357 e. The predicted octanol–water partition coefficient (Wildman–Crippen LogP) is 2.10. The number of nitrogens with zero attached hydrogens (tertiary/aromatic N) is 5. The second-order valence-electron chi connectivity index (χ2n) is 6.68. The van der Waals surface area contributed by atoms with Crippen molar-refractivity contribution in [2.75, 3.05) is 44.7 Å². The van der Waals surface area contributed by atoms with E-state index < -0.39 is 0 Å². The summed E-state index contributed by atoms with van der Waals surface area (Å²) >= 11 is 0. The second kappa shape index (κ2) is 11.8. The topological polar surface area (TPSA) is 68.7 Å². The maximum atomic E-state index is 4.66. The summed E-state index contributed by atoms with van der Waals surface area (Å²) in [5, 5.41) is 6.59. The van der Waals surface area contributed by atoms with Gasteiger partial charge in [-0.05, 0) is 37.7 Å². The molecule has 1 aliphatic heterocycles. The Balaban J connectivity index is 0.00000280. The lowest BCUT2D eigenvalue weighted by molar-refractivity contribution is 0.312. The Morgan fingerprint density at radius 1 is 1.07 bits per heavy atom. The van der Waals surface area contributed by atoms with Crippen LogP contribution in [-0.4, -0.2) is 60.6 Å². The van der Waals surface area contributed by atoms with Crippen molar-refractivity contribution in [3.05, 3.63) is 54.0 Å². The van der Waals surface area contributed by atoms with E-state index in [1.165, 1.54) is 0 Å². The van der Waals surface area contributed by atoms with Crippen molar-refractivity contribution >= 4 is 35.8 Å². The van der Waals surface area contributed by atoms with E-state index >= 15 is 0 Å². The van der Waals surface area contributed by atoms with Crippen LogP contribution >= 0.6 is 24.0 Å². The lowest BCUT2D eigenvalue weighted by Gasteiger charge is -2.33. The molecular weight excluding hydrogens is 465 g/mol. The third kappa shape index (κ3) is 6.90. The molecule has 0 amide bonds. The Morgan fingerprint density at radius 3 is 2.54 bits per heavy atom. The van der Waals surface area contributed by atoms with Crippen LogP contribution in [0.5, 0.6) is 0 Å². The molecule has 152 valence electrons. The number of nitrogens with one attached hydrogen (secondary N) is 2. The SMILES string of the molecule is CCNC(=NCc1ccc(N2CCN(C)CC2)nc1)NCc1ccccn1.I. The maximum Gasteiger partial charge on any atom is 0.191 e. The van der Waals surface area contributed by atoms with Crippen LogP contribution in [0.2, 0.25) is 0 Å². The quantitative estimate of drug-likeness (QED) is 0.364. The fraction of sp³-hybridized carbons (Fsp3) is 0.450. The summed E-state index contributed by atoms with van der Waals surface area (Å²) in [4.78, 5) is 18.3. The average Bonchev–Trinajstić information content (AvgIpc) is 2.72. The van der Waals surface area contributed by atoms with Crippen molar-refractivity contribution < 1.29 is 0 Å². The van der Waals surface area contributed by atoms with Gasteiger partial charge < -0.3 is 20.4 Å². The van der Waals surface area contributed by atoms with Crippen LogP contribution in [0.1, 0.15) is 18.2 Å². The van der Waals surface area contributed by atoms with Gasteiger partial charge in [-0.2, -0.15) is 0 Å². The monoisotopic (exact) mass is 495 g/mol. The molecule has 0 saturated carbocycles. The summed E-state index contributed by atoms with van der Waals surface area (Å²) < 4.78 is 0. The molecule has 0 aliphatic carbocycles. The molecule has 0 atom stereocenters. The van der Waals surface area contributed by atoms with E-state index in [1.54, 1.807) is 6.20 Å². The van der Waals surface area contributed by atoms with Crippen LogP contribution in [0.25, 0.3) is 0 Å². The molecule has 1 aliphatic rings. The first-order valence-corrected chi connectivity index (χ1v) is 9.55. The second-order valence-corrected chi connectivity index (χ2v) is 6.68. The van der Waals surface area contributed by atoms with Crippen molar-refractivity contribution in [2.24, 2.45) is 4.99 Å². The van der Waals surface area contributed by atoms with Crippen LogP contribution in [0.4, 0.5) is 5.82 Å². The van der Waals surface area contributed by atoms with Crippen LogP contribution in [0.15, 0.2) is 47.7 Å². The molecule has 3 rings (SSSR count). The third-order valence-electron chi connectivity index (χ3n) is 4.56. The predicted molar refractivity (Wildman–Crippen MR) is 125 cm³/mol. The molecule has 3 heterocycles. The first-order chi connectivity index (χ1) is 13.2. The number of halogens is 1. The lowest BCUT2D eigenvalue weighted by Crippen LogP contribution is -2.44. The maximum absolute atomic E-state index is 4.66. The Labute approximate surface area is 184 Å². The summed E-state index contributed by atoms with van der Waals surface area (Å²) in [7, 11) is 2.16. The highest BCUT2D eigenvalue weighted by Crippen LogP contribution is 2.14. The number of piperazine rings is 1. The fourth-order valence-electron chi connectivity index (χ4n) is 2.92. The number of pyridine rings is 2. The Kier molecular flexibility index (Phi) is 9.42. The summed E-state index contributed by atoms with van der Waals surface area (Å²) in [6, 6.07) is 10.1. The standard InChI is InChI=1S/C20H29N7.HI/c1-3-21-20(25-16-18-6-4-5-9-22-18)24-15-17-7-8-19(23-14-17)27-12-10-26(2)11-13-27;/h4-9,14H,3,10-13,15-16H2,1-2H3,(H2,21,24,25);1H. The van der Waals surface area contributed by atoms with Gasteiger partial charge in [-0.25, -0.2) is 9.98 Å². The number of hydrogen-bond donors (Lipinski definition) is 2. The third-order valence-corrected chi connectivity index (χ3v) is 4.56. The number of anilines is 1. The molecule has 2 aromatic rings. The van der Waals surface area contributed by atoms with Crippen LogP contribution in [0.3, 0.4) is 0 Å². The average molecular weight is 495 g/mol. The van der Waals surface area contributed by atoms with Gasteiger partial charge in [-0.3, -0.25) is 4.98 Å². The number of aromatic nitrogens is 2. The van der Waals surface area contributed by atoms with Crippen molar-refractivity contribution in [3.63, 3.8) is 0 Å². The van der Waals surface area contributed by atoms with Crippen LogP contribution in [0, 0.1) is 0 Å². The van der Waals surface area contributed by atoms with Gasteiger partial charge in [0.25, 0.3) is 0 Å². The molecule has 0 aromatic carbocycles. The minimum absolute atomic E-state index is 0. The van der Waals surface area contributed by atoms with E-state index in [1.807, 2.05) is 24.4 Å². The highest BCUT2D eigenvalue weighted by atomic mass is 127. The van der Waals surface area contributed by atoms with Gasteiger partial charge in [0.05, 0.1) is 18.8 Å². The van der Waals surface area contributed by atoms with Crippen LogP contribution in [-0.2, 0) is 13.1 Å². The van der Waals surface area contributed by atoms with E-state index in [-0.39, 0.29) is 24.0 Å². The van der Waals surface area contributed by atoms with E-state index in [2.05, 4.69) is 61.5 Å². The van der Waals surface area contributed by atoms with E-state index in [4.69, 9.17) is 0 Å². The summed E-state index contributed by atoms with van der Waals surface area (Å²) in [5.74, 6) is 1.84. The lowest BCUT2D eigenvalue weighted by atomic mass is 10.2. The fourth-order valence-corrected chi connectivity index (χ4v) is 2.92. The molecule has 7 nitrogen and oxygen atoms in total. The summed E-state index contributed by atoms with van der Waals surface area (Å²) in [6.45, 7) is 8.34. The number of guanidine groups is 1. The molecule has 2 aromatic heterocycles. The van der Waals surface area contributed by atoms with Crippen molar-refractivity contribution in [1.82, 2.24) is 25.5 Å². The zero-order chi connectivity index (χ0) is 18.9. The number of aliphatic imine (C=N–C) groups is 1. The highest BCUT2D eigenvalue weighted by molar-refractivity contribution is 14.0. The molecule has 1 fully saturated rings. The number of likely N-dealkylation sites (N-methyl/N-ethyl adjacent to an activating group) is 1. The minimum atomic E-state index is 0. The zero-order valence-electron chi connectivity index (χ0n) is 16.6. The van der Waals surface area contributed by atoms with E-state index in [0.29, 0.717) is 13.1 Å². The molecular formula is C20H30IN7.